The first kappa shape index (κ1) is 20.3. The van der Waals surface area contributed by atoms with Gasteiger partial charge in [-0.3, -0.25) is 5.11 Å². The van der Waals surface area contributed by atoms with E-state index >= 15 is 0 Å². The molecule has 4 aliphatic heterocycles. The van der Waals surface area contributed by atoms with Crippen molar-refractivity contribution in [2.75, 3.05) is 26.4 Å². The maximum Gasteiger partial charge on any atom is 1.00 e. The molecule has 4 fully saturated rings. The molecular formula is C18H25ClHgO5. The Balaban J connectivity index is 0.000000911. The number of rotatable bonds is 0. The van der Waals surface area contributed by atoms with Gasteiger partial charge >= 0.3 is 27.7 Å². The van der Waals surface area contributed by atoms with E-state index in [1.807, 2.05) is 6.08 Å². The minimum atomic E-state index is -0.856. The topological polar surface area (TPSA) is 56.8 Å². The summed E-state index contributed by atoms with van der Waals surface area (Å²) in [6, 6.07) is 0. The Bertz CT molecular complexity index is 528. The number of ether oxygens (including phenoxy) is 4. The van der Waals surface area contributed by atoms with Crippen molar-refractivity contribution in [3.05, 3.63) is 11.8 Å². The number of halogens is 1. The van der Waals surface area contributed by atoms with Crippen molar-refractivity contribution in [2.24, 2.45) is 0 Å². The van der Waals surface area contributed by atoms with Crippen molar-refractivity contribution in [1.29, 1.82) is 0 Å². The Hall–Kier alpha value is 0.605. The van der Waals surface area contributed by atoms with Crippen LogP contribution in [0.15, 0.2) is 11.8 Å². The predicted octanol–water partition coefficient (Wildman–Crippen LogP) is -0.487. The van der Waals surface area contributed by atoms with E-state index in [1.165, 1.54) is 0 Å². The second-order valence-corrected chi connectivity index (χ2v) is 7.69. The predicted molar refractivity (Wildman–Crippen MR) is 80.4 cm³/mol. The monoisotopic (exact) mass is 558 g/mol. The fourth-order valence-corrected chi connectivity index (χ4v) is 6.13. The van der Waals surface area contributed by atoms with Gasteiger partial charge in [0.1, 0.15) is 16.8 Å². The molecule has 0 bridgehead atoms. The molecular weight excluding hydrogens is 532 g/mol. The molecule has 0 unspecified atom stereocenters. The molecule has 1 aliphatic carbocycles. The summed E-state index contributed by atoms with van der Waals surface area (Å²) < 4.78 is 25.3. The Morgan fingerprint density at radius 2 is 1.28 bits per heavy atom. The Kier molecular flexibility index (Phi) is 5.61. The van der Waals surface area contributed by atoms with E-state index in [2.05, 4.69) is 0 Å². The number of hydrogen-bond acceptors (Lipinski definition) is 4. The summed E-state index contributed by atoms with van der Waals surface area (Å²) in [6.07, 6.45) is 8.97. The van der Waals surface area contributed by atoms with Gasteiger partial charge in [-0.05, 0) is 57.4 Å². The van der Waals surface area contributed by atoms with Crippen molar-refractivity contribution in [3.63, 3.8) is 0 Å². The van der Waals surface area contributed by atoms with Gasteiger partial charge in [0.25, 0.3) is 0 Å². The van der Waals surface area contributed by atoms with Crippen LogP contribution in [0.5, 0.6) is 0 Å². The fourth-order valence-electron chi connectivity index (χ4n) is 6.13. The zero-order chi connectivity index (χ0) is 15.6. The Labute approximate surface area is 175 Å². The minimum Gasteiger partial charge on any atom is -1.00 e. The smallest absolute Gasteiger partial charge is 1.00 e. The molecule has 4 heterocycles. The normalized spacial score (nSPS) is 48.2. The molecule has 0 aromatic carbocycles. The molecule has 4 atom stereocenters. The minimum absolute atomic E-state index is 0. The zero-order valence-corrected chi connectivity index (χ0v) is 20.9. The van der Waals surface area contributed by atoms with E-state index in [1.54, 1.807) is 0 Å². The molecule has 136 valence electrons. The molecule has 5 rings (SSSR count). The third kappa shape index (κ3) is 2.26. The molecule has 2 radical (unpaired) electrons. The second-order valence-electron chi connectivity index (χ2n) is 7.69. The van der Waals surface area contributed by atoms with Crippen molar-refractivity contribution in [2.45, 2.75) is 73.8 Å². The first-order valence-electron chi connectivity index (χ1n) is 9.17. The van der Waals surface area contributed by atoms with Gasteiger partial charge in [-0.25, -0.2) is 0 Å². The average Bonchev–Trinajstić information content (AvgIpc) is 3.30. The van der Waals surface area contributed by atoms with Gasteiger partial charge in [0.05, 0.1) is 0 Å². The molecule has 25 heavy (non-hydrogen) atoms. The molecule has 7 heteroatoms. The molecule has 0 N–H and O–H groups in total. The molecule has 5 nitrogen and oxygen atoms in total. The van der Waals surface area contributed by atoms with Crippen molar-refractivity contribution in [1.82, 2.24) is 0 Å². The van der Waals surface area contributed by atoms with Gasteiger partial charge in [0, 0.05) is 26.4 Å². The summed E-state index contributed by atoms with van der Waals surface area (Å²) in [5.41, 5.74) is -2.72. The van der Waals surface area contributed by atoms with Crippen LogP contribution < -0.4 is 12.4 Å². The van der Waals surface area contributed by atoms with Crippen LogP contribution in [0.4, 0.5) is 0 Å². The maximum absolute atomic E-state index is 13.3. The van der Waals surface area contributed by atoms with E-state index in [4.69, 9.17) is 18.9 Å². The summed E-state index contributed by atoms with van der Waals surface area (Å²) in [5, 5.41) is 13.3. The summed E-state index contributed by atoms with van der Waals surface area (Å²) in [7, 11) is 0. The molecule has 0 aromatic heterocycles. The van der Waals surface area contributed by atoms with Crippen molar-refractivity contribution >= 4 is 0 Å². The standard InChI is InChI=1S/C18H25O5.ClH.Hg/c19-14-13-15(5-1-9-20-15)17(7-3-11-22-17)18(8-4-12-23-18)16(14)6-2-10-21-16;;/h13H,1-12H2;1H;/q;;+1/p-1/t15-,16-,17+,18-;;/m0../s1. The van der Waals surface area contributed by atoms with Gasteiger partial charge in [-0.15, -0.1) is 0 Å². The van der Waals surface area contributed by atoms with Crippen LogP contribution >= 0.6 is 0 Å². The third-order valence-corrected chi connectivity index (χ3v) is 6.87. The zero-order valence-electron chi connectivity index (χ0n) is 14.7. The van der Waals surface area contributed by atoms with Crippen LogP contribution in [-0.4, -0.2) is 48.8 Å². The molecule has 0 saturated carbocycles. The first-order valence-corrected chi connectivity index (χ1v) is 9.17. The summed E-state index contributed by atoms with van der Waals surface area (Å²) in [4.78, 5) is 0. The molecule has 4 saturated heterocycles. The Morgan fingerprint density at radius 1 is 0.720 bits per heavy atom. The summed E-state index contributed by atoms with van der Waals surface area (Å²) in [5.74, 6) is 0.0694. The van der Waals surface area contributed by atoms with Gasteiger partial charge in [-0.1, -0.05) is 0 Å². The largest absolute Gasteiger partial charge is 1.00 e. The molecule has 4 spiro atoms. The van der Waals surface area contributed by atoms with Gasteiger partial charge in [0.15, 0.2) is 11.4 Å². The fraction of sp³-hybridized carbons (Fsp3) is 0.889. The van der Waals surface area contributed by atoms with Crippen LogP contribution in [-0.2, 0) is 51.7 Å². The first-order chi connectivity index (χ1) is 11.2. The van der Waals surface area contributed by atoms with Crippen molar-refractivity contribution in [3.8, 4) is 0 Å². The number of fused-ring (bicyclic) bond motifs is 3. The average molecular weight is 557 g/mol. The van der Waals surface area contributed by atoms with E-state index < -0.39 is 22.4 Å². The van der Waals surface area contributed by atoms with Crippen LogP contribution in [0.3, 0.4) is 0 Å². The Morgan fingerprint density at radius 3 is 1.80 bits per heavy atom. The van der Waals surface area contributed by atoms with E-state index in [0.717, 1.165) is 51.4 Å². The van der Waals surface area contributed by atoms with Crippen LogP contribution in [0, 0.1) is 0 Å². The number of hydrogen-bond donors (Lipinski definition) is 0. The van der Waals surface area contributed by atoms with Crippen molar-refractivity contribution < 1.29 is 64.1 Å². The van der Waals surface area contributed by atoms with E-state index in [9.17, 15) is 5.11 Å². The quantitative estimate of drug-likeness (QED) is 0.378. The van der Waals surface area contributed by atoms with Gasteiger partial charge < -0.3 is 31.4 Å². The van der Waals surface area contributed by atoms with Gasteiger partial charge in [0.2, 0.25) is 0 Å². The van der Waals surface area contributed by atoms with Crippen LogP contribution in [0.2, 0.25) is 0 Å². The molecule has 0 aromatic rings. The SMILES string of the molecule is [Cl-].[Hg+].[O]C1=C[C@@]2(CCCO2)[C@]2(CCCO2)[C@]2(CCCO2)[C@]12CCCO2. The third-order valence-electron chi connectivity index (χ3n) is 6.87. The van der Waals surface area contributed by atoms with E-state index in [-0.39, 0.29) is 45.8 Å². The van der Waals surface area contributed by atoms with Crippen LogP contribution in [0.25, 0.3) is 0 Å². The molecule has 5 aliphatic rings. The maximum atomic E-state index is 13.3. The van der Waals surface area contributed by atoms with Gasteiger partial charge in [-0.2, -0.15) is 0 Å². The van der Waals surface area contributed by atoms with Crippen LogP contribution in [0.1, 0.15) is 51.4 Å². The summed E-state index contributed by atoms with van der Waals surface area (Å²) in [6.45, 7) is 2.72. The van der Waals surface area contributed by atoms with E-state index in [0.29, 0.717) is 26.4 Å². The second kappa shape index (κ2) is 6.89. The molecule has 0 amide bonds. The summed E-state index contributed by atoms with van der Waals surface area (Å²) >= 11 is 0.